The highest BCUT2D eigenvalue weighted by molar-refractivity contribution is 5.92. The third-order valence-corrected chi connectivity index (χ3v) is 1.71. The summed E-state index contributed by atoms with van der Waals surface area (Å²) in [5, 5.41) is 23.8. The van der Waals surface area contributed by atoms with E-state index in [9.17, 15) is 4.79 Å². The molecule has 0 radical (unpaired) electrons. The molecule has 1 aromatic rings. The molecule has 0 atom stereocenters. The Labute approximate surface area is 86.1 Å². The molecule has 0 spiro atoms. The second-order valence-electron chi connectivity index (χ2n) is 2.72. The summed E-state index contributed by atoms with van der Waals surface area (Å²) in [5.41, 5.74) is 5.37. The highest BCUT2D eigenvalue weighted by Crippen LogP contribution is 2.13. The van der Waals surface area contributed by atoms with E-state index < -0.39 is 5.91 Å². The minimum Gasteiger partial charge on any atom is -0.394 e. The zero-order valence-electron chi connectivity index (χ0n) is 7.97. The molecule has 0 aromatic carbocycles. The van der Waals surface area contributed by atoms with Crippen LogP contribution in [-0.4, -0.2) is 33.9 Å². The Morgan fingerprint density at radius 3 is 3.07 bits per heavy atom. The summed E-state index contributed by atoms with van der Waals surface area (Å²) in [7, 11) is 0. The van der Waals surface area contributed by atoms with Crippen LogP contribution in [0.4, 0.5) is 5.82 Å². The predicted octanol–water partition coefficient (Wildman–Crippen LogP) is -1.36. The number of carbonyl (C=O) groups is 1. The van der Waals surface area contributed by atoms with Crippen molar-refractivity contribution < 1.29 is 9.90 Å². The summed E-state index contributed by atoms with van der Waals surface area (Å²) in [6.45, 7) is -0.0882. The molecule has 0 saturated carbocycles. The quantitative estimate of drug-likeness (QED) is 0.566. The minimum absolute atomic E-state index is 0.127. The Bertz CT molecular complexity index is 392. The molecule has 1 rings (SSSR count). The molecule has 0 fully saturated rings. The van der Waals surface area contributed by atoms with E-state index in [2.05, 4.69) is 10.4 Å². The summed E-state index contributed by atoms with van der Waals surface area (Å²) >= 11 is 0. The molecule has 0 aliphatic heterocycles. The van der Waals surface area contributed by atoms with Crippen molar-refractivity contribution in [1.29, 1.82) is 5.26 Å². The molecule has 1 aromatic heterocycles. The lowest BCUT2D eigenvalue weighted by atomic mass is 10.3. The van der Waals surface area contributed by atoms with Crippen LogP contribution >= 0.6 is 0 Å². The van der Waals surface area contributed by atoms with Gasteiger partial charge in [0.15, 0.2) is 0 Å². The van der Waals surface area contributed by atoms with Gasteiger partial charge >= 0.3 is 0 Å². The van der Waals surface area contributed by atoms with Gasteiger partial charge in [-0.2, -0.15) is 10.4 Å². The molecule has 0 aliphatic rings. The van der Waals surface area contributed by atoms with Gasteiger partial charge < -0.3 is 16.2 Å². The van der Waals surface area contributed by atoms with E-state index in [1.165, 1.54) is 10.9 Å². The average Bonchev–Trinajstić information content (AvgIpc) is 2.61. The molecule has 1 heterocycles. The number of aliphatic hydroxyl groups excluding tert-OH is 1. The third kappa shape index (κ3) is 2.52. The van der Waals surface area contributed by atoms with Gasteiger partial charge in [-0.3, -0.25) is 4.79 Å². The highest BCUT2D eigenvalue weighted by atomic mass is 16.3. The van der Waals surface area contributed by atoms with Crippen LogP contribution in [0.1, 0.15) is 5.56 Å². The monoisotopic (exact) mass is 209 g/mol. The van der Waals surface area contributed by atoms with Crippen LogP contribution in [0.25, 0.3) is 0 Å². The lowest BCUT2D eigenvalue weighted by molar-refractivity contribution is -0.115. The number of nitrogens with zero attached hydrogens (tertiary/aromatic N) is 3. The Hall–Kier alpha value is -1.91. The summed E-state index contributed by atoms with van der Waals surface area (Å²) in [6.07, 6.45) is 1.32. The standard InChI is InChI=1S/C8H11N5O2/c9-3-6-5-11-13(1-2-14)8(6)12-7(15)4-10/h5,14H,1-2,4,10H2,(H,12,15). The number of amides is 1. The van der Waals surface area contributed by atoms with Crippen LogP contribution in [0.2, 0.25) is 0 Å². The Morgan fingerprint density at radius 2 is 2.53 bits per heavy atom. The number of hydrogen-bond acceptors (Lipinski definition) is 5. The van der Waals surface area contributed by atoms with Crippen LogP contribution in [-0.2, 0) is 11.3 Å². The van der Waals surface area contributed by atoms with Gasteiger partial charge in [0.05, 0.1) is 25.9 Å². The van der Waals surface area contributed by atoms with Gasteiger partial charge in [-0.05, 0) is 0 Å². The minimum atomic E-state index is -0.411. The van der Waals surface area contributed by atoms with Crippen molar-refractivity contribution in [2.75, 3.05) is 18.5 Å². The van der Waals surface area contributed by atoms with E-state index in [0.29, 0.717) is 0 Å². The molecule has 0 unspecified atom stereocenters. The number of hydrogen-bond donors (Lipinski definition) is 3. The molecule has 4 N–H and O–H groups in total. The average molecular weight is 209 g/mol. The number of nitrogens with two attached hydrogens (primary N) is 1. The summed E-state index contributed by atoms with van der Waals surface area (Å²) in [6, 6.07) is 1.88. The number of rotatable bonds is 4. The van der Waals surface area contributed by atoms with Gasteiger partial charge in [0, 0.05) is 0 Å². The third-order valence-electron chi connectivity index (χ3n) is 1.71. The lowest BCUT2D eigenvalue weighted by Crippen LogP contribution is -2.24. The Kier molecular flexibility index (Phi) is 3.79. The van der Waals surface area contributed by atoms with Crippen LogP contribution in [0.5, 0.6) is 0 Å². The fraction of sp³-hybridized carbons (Fsp3) is 0.375. The number of nitrogens with one attached hydrogen (secondary N) is 1. The largest absolute Gasteiger partial charge is 0.394 e. The van der Waals surface area contributed by atoms with E-state index in [1.54, 1.807) is 0 Å². The molecule has 80 valence electrons. The summed E-state index contributed by atoms with van der Waals surface area (Å²) in [4.78, 5) is 11.1. The number of carbonyl (C=O) groups excluding carboxylic acids is 1. The van der Waals surface area contributed by atoms with Crippen molar-refractivity contribution in [2.45, 2.75) is 6.54 Å². The van der Waals surface area contributed by atoms with Gasteiger partial charge in [0.1, 0.15) is 17.5 Å². The zero-order valence-corrected chi connectivity index (χ0v) is 7.97. The maximum absolute atomic E-state index is 11.1. The van der Waals surface area contributed by atoms with Crippen LogP contribution in [0.3, 0.4) is 0 Å². The molecule has 7 nitrogen and oxygen atoms in total. The van der Waals surface area contributed by atoms with Gasteiger partial charge in [-0.15, -0.1) is 0 Å². The number of aromatic nitrogens is 2. The predicted molar refractivity (Wildman–Crippen MR) is 51.7 cm³/mol. The molecular weight excluding hydrogens is 198 g/mol. The van der Waals surface area contributed by atoms with Crippen LogP contribution < -0.4 is 11.1 Å². The number of aliphatic hydroxyl groups is 1. The molecule has 0 saturated heterocycles. The van der Waals surface area contributed by atoms with Crippen LogP contribution in [0.15, 0.2) is 6.20 Å². The van der Waals surface area contributed by atoms with Crippen molar-refractivity contribution in [1.82, 2.24) is 9.78 Å². The van der Waals surface area contributed by atoms with Crippen molar-refractivity contribution in [3.63, 3.8) is 0 Å². The SMILES string of the molecule is N#Cc1cnn(CCO)c1NC(=O)CN. The van der Waals surface area contributed by atoms with Gasteiger partial charge in [-0.1, -0.05) is 0 Å². The Morgan fingerprint density at radius 1 is 1.80 bits per heavy atom. The topological polar surface area (TPSA) is 117 Å². The van der Waals surface area contributed by atoms with Crippen LogP contribution in [0, 0.1) is 11.3 Å². The number of anilines is 1. The smallest absolute Gasteiger partial charge is 0.239 e. The molecule has 0 aliphatic carbocycles. The maximum atomic E-state index is 11.1. The maximum Gasteiger partial charge on any atom is 0.239 e. The van der Waals surface area contributed by atoms with E-state index in [1.807, 2.05) is 6.07 Å². The first-order chi connectivity index (χ1) is 7.22. The van der Waals surface area contributed by atoms with Gasteiger partial charge in [-0.25, -0.2) is 4.68 Å². The molecule has 0 bridgehead atoms. The van der Waals surface area contributed by atoms with Crippen molar-refractivity contribution in [2.24, 2.45) is 5.73 Å². The second kappa shape index (κ2) is 5.09. The van der Waals surface area contributed by atoms with E-state index in [-0.39, 0.29) is 31.1 Å². The first-order valence-corrected chi connectivity index (χ1v) is 4.29. The molecular formula is C8H11N5O2. The summed E-state index contributed by atoms with van der Waals surface area (Å²) in [5.74, 6) is -0.145. The van der Waals surface area contributed by atoms with E-state index in [0.717, 1.165) is 0 Å². The van der Waals surface area contributed by atoms with Crippen molar-refractivity contribution >= 4 is 11.7 Å². The van der Waals surface area contributed by atoms with E-state index in [4.69, 9.17) is 16.1 Å². The normalized spacial score (nSPS) is 9.67. The number of nitriles is 1. The van der Waals surface area contributed by atoms with Crippen molar-refractivity contribution in [3.05, 3.63) is 11.8 Å². The second-order valence-corrected chi connectivity index (χ2v) is 2.72. The molecule has 7 heteroatoms. The van der Waals surface area contributed by atoms with Gasteiger partial charge in [0.2, 0.25) is 5.91 Å². The Balaban J connectivity index is 2.95. The first kappa shape index (κ1) is 11.2. The van der Waals surface area contributed by atoms with E-state index >= 15 is 0 Å². The first-order valence-electron chi connectivity index (χ1n) is 4.29. The molecule has 15 heavy (non-hydrogen) atoms. The zero-order chi connectivity index (χ0) is 11.3. The highest BCUT2D eigenvalue weighted by Gasteiger charge is 2.12. The lowest BCUT2D eigenvalue weighted by Gasteiger charge is -2.06. The fourth-order valence-electron chi connectivity index (χ4n) is 1.05. The fourth-order valence-corrected chi connectivity index (χ4v) is 1.05. The van der Waals surface area contributed by atoms with Crippen molar-refractivity contribution in [3.8, 4) is 6.07 Å². The molecule has 1 amide bonds. The van der Waals surface area contributed by atoms with Gasteiger partial charge in [0.25, 0.3) is 0 Å². The summed E-state index contributed by atoms with van der Waals surface area (Å²) < 4.78 is 1.34.